The van der Waals surface area contributed by atoms with Crippen molar-refractivity contribution in [3.63, 3.8) is 0 Å². The summed E-state index contributed by atoms with van der Waals surface area (Å²) in [5.74, 6) is 1.13. The number of nitrogens with zero attached hydrogens (tertiary/aromatic N) is 1. The van der Waals surface area contributed by atoms with Crippen LogP contribution in [0.25, 0.3) is 0 Å². The van der Waals surface area contributed by atoms with E-state index in [1.165, 1.54) is 12.0 Å². The Balaban J connectivity index is 0.000000463. The van der Waals surface area contributed by atoms with Crippen LogP contribution in [-0.4, -0.2) is 58.0 Å². The summed E-state index contributed by atoms with van der Waals surface area (Å²) in [4.78, 5) is 12.0. The third-order valence-electron chi connectivity index (χ3n) is 3.08. The van der Waals surface area contributed by atoms with Crippen LogP contribution in [-0.2, 0) is 15.1 Å². The first-order valence-electron chi connectivity index (χ1n) is 6.50. The van der Waals surface area contributed by atoms with Crippen LogP contribution in [0.2, 0.25) is 0 Å². The SMILES string of the molecule is COc1cc([NH+]2CCOCC2)c(OC)cc1N=O.O=S(=O)([O-])O. The zero-order valence-electron chi connectivity index (χ0n) is 12.6. The zero-order chi connectivity index (χ0) is 17.5. The summed E-state index contributed by atoms with van der Waals surface area (Å²) >= 11 is 0. The van der Waals surface area contributed by atoms with Gasteiger partial charge in [0.1, 0.15) is 13.1 Å². The van der Waals surface area contributed by atoms with Gasteiger partial charge in [0.2, 0.25) is 10.4 Å². The number of hydrogen-bond acceptors (Lipinski definition) is 8. The molecule has 0 spiro atoms. The molecule has 23 heavy (non-hydrogen) atoms. The maximum atomic E-state index is 10.7. The number of quaternary nitrogens is 1. The highest BCUT2D eigenvalue weighted by molar-refractivity contribution is 7.79. The standard InChI is InChI=1S/C12H16N2O4.H2O4S/c1-16-11-8-10(14-3-5-18-6-4-14)12(17-2)7-9(11)13-15;1-5(2,3)4/h7-8H,3-6H2,1-2H3;(H2,1,2,3,4). The normalized spacial score (nSPS) is 15.3. The van der Waals surface area contributed by atoms with Gasteiger partial charge in [0.05, 0.1) is 27.4 Å². The van der Waals surface area contributed by atoms with Gasteiger partial charge in [-0.25, -0.2) is 8.42 Å². The molecule has 130 valence electrons. The van der Waals surface area contributed by atoms with Crippen LogP contribution >= 0.6 is 0 Å². The third kappa shape index (κ3) is 6.46. The minimum absolute atomic E-state index is 0.255. The molecule has 0 atom stereocenters. The van der Waals surface area contributed by atoms with Crippen molar-refractivity contribution in [2.45, 2.75) is 0 Å². The number of hydrogen-bond donors (Lipinski definition) is 2. The van der Waals surface area contributed by atoms with Gasteiger partial charge >= 0.3 is 0 Å². The number of benzene rings is 1. The van der Waals surface area contributed by atoms with Gasteiger partial charge in [-0.2, -0.15) is 0 Å². The molecular formula is C12H18N2O8S. The van der Waals surface area contributed by atoms with Gasteiger partial charge < -0.3 is 18.8 Å². The van der Waals surface area contributed by atoms with Crippen LogP contribution in [0.3, 0.4) is 0 Å². The van der Waals surface area contributed by atoms with Gasteiger partial charge in [-0.05, 0) is 5.18 Å². The second-order valence-electron chi connectivity index (χ2n) is 4.46. The minimum Gasteiger partial charge on any atom is -0.726 e. The summed E-state index contributed by atoms with van der Waals surface area (Å²) in [5.41, 5.74) is 1.23. The maximum Gasteiger partial charge on any atom is 0.215 e. The van der Waals surface area contributed by atoms with Crippen LogP contribution in [0.1, 0.15) is 0 Å². The first-order valence-corrected chi connectivity index (χ1v) is 7.87. The fraction of sp³-hybridized carbons (Fsp3) is 0.500. The van der Waals surface area contributed by atoms with Crippen LogP contribution in [0.4, 0.5) is 11.4 Å². The molecule has 0 aliphatic carbocycles. The molecule has 1 heterocycles. The van der Waals surface area contributed by atoms with Crippen molar-refractivity contribution in [1.82, 2.24) is 0 Å². The van der Waals surface area contributed by atoms with Crippen molar-refractivity contribution in [3.05, 3.63) is 17.0 Å². The highest BCUT2D eigenvalue weighted by atomic mass is 32.3. The minimum atomic E-state index is -4.92. The highest BCUT2D eigenvalue weighted by Crippen LogP contribution is 2.36. The Bertz CT molecular complexity index is 620. The molecule has 1 aromatic carbocycles. The van der Waals surface area contributed by atoms with Gasteiger partial charge in [0.25, 0.3) is 0 Å². The summed E-state index contributed by atoms with van der Waals surface area (Å²) in [5, 5.41) is 2.95. The predicted octanol–water partition coefficient (Wildman–Crippen LogP) is -0.347. The summed E-state index contributed by atoms with van der Waals surface area (Å²) in [7, 11) is -1.81. The quantitative estimate of drug-likeness (QED) is 0.427. The lowest BCUT2D eigenvalue weighted by Gasteiger charge is -2.25. The molecular weight excluding hydrogens is 332 g/mol. The van der Waals surface area contributed by atoms with E-state index in [0.717, 1.165) is 18.8 Å². The Morgan fingerprint density at radius 1 is 1.22 bits per heavy atom. The first-order chi connectivity index (χ1) is 10.8. The molecule has 0 radical (unpaired) electrons. The van der Waals surface area contributed by atoms with Crippen molar-refractivity contribution in [2.75, 3.05) is 40.5 Å². The Kier molecular flexibility index (Phi) is 7.32. The second-order valence-corrected chi connectivity index (χ2v) is 5.31. The lowest BCUT2D eigenvalue weighted by atomic mass is 10.2. The Hall–Kier alpha value is -1.79. The smallest absolute Gasteiger partial charge is 0.215 e. The summed E-state index contributed by atoms with van der Waals surface area (Å²) in [6.45, 7) is 3.17. The molecule has 0 aromatic heterocycles. The number of morpholine rings is 1. The Morgan fingerprint density at radius 2 is 1.74 bits per heavy atom. The van der Waals surface area contributed by atoms with Crippen LogP contribution < -0.4 is 14.4 Å². The number of rotatable bonds is 4. The average molecular weight is 350 g/mol. The monoisotopic (exact) mass is 350 g/mol. The molecule has 1 aliphatic heterocycles. The zero-order valence-corrected chi connectivity index (χ0v) is 13.5. The van der Waals surface area contributed by atoms with Gasteiger partial charge in [0.15, 0.2) is 22.9 Å². The molecule has 1 aliphatic rings. The van der Waals surface area contributed by atoms with E-state index in [4.69, 9.17) is 31.7 Å². The van der Waals surface area contributed by atoms with Crippen LogP contribution in [0.5, 0.6) is 11.5 Å². The molecule has 1 aromatic rings. The van der Waals surface area contributed by atoms with E-state index in [2.05, 4.69) is 5.18 Å². The number of methoxy groups -OCH3 is 2. The number of nitrogens with one attached hydrogen (secondary N) is 1. The largest absolute Gasteiger partial charge is 0.726 e. The fourth-order valence-corrected chi connectivity index (χ4v) is 2.12. The van der Waals surface area contributed by atoms with Crippen molar-refractivity contribution in [3.8, 4) is 11.5 Å². The molecule has 0 bridgehead atoms. The van der Waals surface area contributed by atoms with E-state index in [0.29, 0.717) is 24.7 Å². The molecule has 2 N–H and O–H groups in total. The molecule has 0 amide bonds. The highest BCUT2D eigenvalue weighted by Gasteiger charge is 2.23. The molecule has 10 nitrogen and oxygen atoms in total. The molecule has 0 saturated carbocycles. The summed E-state index contributed by atoms with van der Waals surface area (Å²) in [6.07, 6.45) is 0. The maximum absolute atomic E-state index is 10.7. The molecule has 1 saturated heterocycles. The molecule has 0 unspecified atom stereocenters. The second kappa shape index (κ2) is 8.74. The molecule has 1 fully saturated rings. The fourth-order valence-electron chi connectivity index (χ4n) is 2.12. The van der Waals surface area contributed by atoms with E-state index in [1.54, 1.807) is 13.2 Å². The first kappa shape index (κ1) is 19.3. The van der Waals surface area contributed by atoms with Crippen molar-refractivity contribution in [2.24, 2.45) is 5.18 Å². The van der Waals surface area contributed by atoms with Crippen molar-refractivity contribution < 1.29 is 36.6 Å². The van der Waals surface area contributed by atoms with Gasteiger partial charge in [0, 0.05) is 12.1 Å². The number of ether oxygens (including phenoxy) is 3. The Morgan fingerprint density at radius 3 is 2.17 bits per heavy atom. The molecule has 11 heteroatoms. The Labute approximate surface area is 133 Å². The topological polar surface area (TPSA) is 139 Å². The van der Waals surface area contributed by atoms with E-state index >= 15 is 0 Å². The molecule has 2 rings (SSSR count). The number of nitroso groups, excluding NO2 is 1. The van der Waals surface area contributed by atoms with E-state index in [9.17, 15) is 4.91 Å². The lowest BCUT2D eigenvalue weighted by molar-refractivity contribution is -0.842. The summed E-state index contributed by atoms with van der Waals surface area (Å²) < 4.78 is 48.7. The van der Waals surface area contributed by atoms with Crippen LogP contribution in [0, 0.1) is 4.91 Å². The van der Waals surface area contributed by atoms with Gasteiger partial charge in [-0.15, -0.1) is 4.91 Å². The predicted molar refractivity (Wildman–Crippen MR) is 78.5 cm³/mol. The van der Waals surface area contributed by atoms with Crippen molar-refractivity contribution in [1.29, 1.82) is 0 Å². The van der Waals surface area contributed by atoms with Gasteiger partial charge in [-0.3, -0.25) is 9.45 Å². The van der Waals surface area contributed by atoms with E-state index < -0.39 is 10.4 Å². The van der Waals surface area contributed by atoms with Crippen LogP contribution in [0.15, 0.2) is 17.3 Å². The van der Waals surface area contributed by atoms with Crippen molar-refractivity contribution >= 4 is 21.8 Å². The van der Waals surface area contributed by atoms with E-state index in [1.807, 2.05) is 6.07 Å². The van der Waals surface area contributed by atoms with Gasteiger partial charge in [-0.1, -0.05) is 0 Å². The third-order valence-corrected chi connectivity index (χ3v) is 3.08. The lowest BCUT2D eigenvalue weighted by Crippen LogP contribution is -3.09. The summed E-state index contributed by atoms with van der Waals surface area (Å²) in [6, 6.07) is 3.43. The van der Waals surface area contributed by atoms with E-state index in [-0.39, 0.29) is 5.69 Å². The average Bonchev–Trinajstić information content (AvgIpc) is 2.52.